The molecule has 106 valence electrons. The molecule has 19 heavy (non-hydrogen) atoms. The molecule has 5 heteroatoms. The zero-order valence-electron chi connectivity index (χ0n) is 11.8. The van der Waals surface area contributed by atoms with Gasteiger partial charge in [-0.3, -0.25) is 4.90 Å². The molecule has 1 atom stereocenters. The van der Waals surface area contributed by atoms with E-state index in [1.165, 1.54) is 38.8 Å². The van der Waals surface area contributed by atoms with E-state index in [2.05, 4.69) is 20.1 Å². The van der Waals surface area contributed by atoms with Crippen LogP contribution in [0.1, 0.15) is 31.4 Å². The Hall–Kier alpha value is -1.07. The molecular weight excluding hydrogens is 240 g/mol. The predicted octanol–water partition coefficient (Wildman–Crippen LogP) is 1.46. The van der Waals surface area contributed by atoms with Crippen LogP contribution in [0.25, 0.3) is 0 Å². The molecule has 1 N–H and O–H groups in total. The summed E-state index contributed by atoms with van der Waals surface area (Å²) >= 11 is 0. The molecule has 0 bridgehead atoms. The number of anilines is 1. The summed E-state index contributed by atoms with van der Waals surface area (Å²) in [4.78, 5) is 9.48. The van der Waals surface area contributed by atoms with Gasteiger partial charge >= 0.3 is 0 Å². The lowest BCUT2D eigenvalue weighted by molar-refractivity contribution is 0.174. The van der Waals surface area contributed by atoms with Gasteiger partial charge in [0, 0.05) is 25.7 Å². The van der Waals surface area contributed by atoms with Gasteiger partial charge in [0.15, 0.2) is 0 Å². The van der Waals surface area contributed by atoms with E-state index in [-0.39, 0.29) is 0 Å². The maximum absolute atomic E-state index is 5.59. The quantitative estimate of drug-likeness (QED) is 0.892. The van der Waals surface area contributed by atoms with Gasteiger partial charge in [0.25, 0.3) is 6.01 Å². The van der Waals surface area contributed by atoms with E-state index in [1.54, 1.807) is 6.26 Å². The molecule has 2 aliphatic rings. The van der Waals surface area contributed by atoms with Gasteiger partial charge in [-0.2, -0.15) is 4.98 Å². The van der Waals surface area contributed by atoms with Crippen molar-refractivity contribution in [3.63, 3.8) is 0 Å². The molecule has 5 nitrogen and oxygen atoms in total. The maximum Gasteiger partial charge on any atom is 0.297 e. The fourth-order valence-corrected chi connectivity index (χ4v) is 3.20. The van der Waals surface area contributed by atoms with Gasteiger partial charge < -0.3 is 14.6 Å². The first-order chi connectivity index (χ1) is 9.36. The Morgan fingerprint density at radius 2 is 2.16 bits per heavy atom. The van der Waals surface area contributed by atoms with Crippen molar-refractivity contribution in [3.8, 4) is 0 Å². The van der Waals surface area contributed by atoms with Crippen molar-refractivity contribution in [1.82, 2.24) is 15.2 Å². The van der Waals surface area contributed by atoms with Crippen LogP contribution in [0.3, 0.4) is 0 Å². The molecule has 2 saturated heterocycles. The van der Waals surface area contributed by atoms with E-state index >= 15 is 0 Å². The third-order valence-electron chi connectivity index (χ3n) is 4.24. The molecule has 1 unspecified atom stereocenters. The third kappa shape index (κ3) is 2.92. The molecule has 3 rings (SSSR count). The van der Waals surface area contributed by atoms with Crippen LogP contribution in [0.15, 0.2) is 10.7 Å². The van der Waals surface area contributed by atoms with Crippen molar-refractivity contribution in [2.24, 2.45) is 0 Å². The van der Waals surface area contributed by atoms with Crippen molar-refractivity contribution in [3.05, 3.63) is 12.0 Å². The zero-order valence-corrected chi connectivity index (χ0v) is 11.8. The summed E-state index contributed by atoms with van der Waals surface area (Å²) < 4.78 is 5.59. The second-order valence-electron chi connectivity index (χ2n) is 5.64. The van der Waals surface area contributed by atoms with Crippen molar-refractivity contribution >= 4 is 6.01 Å². The third-order valence-corrected chi connectivity index (χ3v) is 4.24. The number of piperidine rings is 1. The number of aromatic nitrogens is 1. The number of likely N-dealkylation sites (tertiary alicyclic amines) is 1. The smallest absolute Gasteiger partial charge is 0.297 e. The zero-order chi connectivity index (χ0) is 13.1. The first kappa shape index (κ1) is 12.9. The first-order valence-corrected chi connectivity index (χ1v) is 7.45. The number of rotatable bonds is 4. The molecule has 1 aromatic heterocycles. The number of nitrogens with zero attached hydrogens (tertiary/aromatic N) is 3. The summed E-state index contributed by atoms with van der Waals surface area (Å²) in [6.07, 6.45) is 7.13. The Morgan fingerprint density at radius 3 is 2.95 bits per heavy atom. The van der Waals surface area contributed by atoms with Crippen LogP contribution in [-0.2, 0) is 6.54 Å². The average Bonchev–Trinajstić information content (AvgIpc) is 3.08. The monoisotopic (exact) mass is 264 g/mol. The van der Waals surface area contributed by atoms with Crippen LogP contribution < -0.4 is 10.2 Å². The highest BCUT2D eigenvalue weighted by Crippen LogP contribution is 2.24. The Kier molecular flexibility index (Phi) is 4.03. The summed E-state index contributed by atoms with van der Waals surface area (Å²) in [5, 5.41) is 3.10. The van der Waals surface area contributed by atoms with Crippen LogP contribution >= 0.6 is 0 Å². The minimum absolute atomic E-state index is 0.694. The van der Waals surface area contributed by atoms with Gasteiger partial charge in [0.2, 0.25) is 0 Å². The Balaban J connectivity index is 1.58. The van der Waals surface area contributed by atoms with E-state index < -0.39 is 0 Å². The lowest BCUT2D eigenvalue weighted by atomic mass is 10.1. The number of hydrogen-bond acceptors (Lipinski definition) is 5. The van der Waals surface area contributed by atoms with Crippen molar-refractivity contribution in [2.45, 2.75) is 38.3 Å². The average molecular weight is 264 g/mol. The van der Waals surface area contributed by atoms with Crippen molar-refractivity contribution in [2.75, 3.05) is 38.1 Å². The number of oxazole rings is 1. The standard InChI is InChI=1S/C14H24N4O/c1-15-9-12-11-19-14(16-12)18-8-5-13(10-18)17-6-3-2-4-7-17/h11,13,15H,2-10H2,1H3. The molecule has 2 fully saturated rings. The largest absolute Gasteiger partial charge is 0.432 e. The minimum atomic E-state index is 0.694. The summed E-state index contributed by atoms with van der Waals surface area (Å²) in [6, 6.07) is 1.49. The highest BCUT2D eigenvalue weighted by atomic mass is 16.4. The van der Waals surface area contributed by atoms with Gasteiger partial charge in [-0.15, -0.1) is 0 Å². The normalized spacial score (nSPS) is 25.1. The maximum atomic E-state index is 5.59. The summed E-state index contributed by atoms with van der Waals surface area (Å²) in [6.45, 7) is 5.46. The molecule has 0 saturated carbocycles. The van der Waals surface area contributed by atoms with Crippen molar-refractivity contribution in [1.29, 1.82) is 0 Å². The lowest BCUT2D eigenvalue weighted by Crippen LogP contribution is -2.40. The van der Waals surface area contributed by atoms with Crippen LogP contribution in [0, 0.1) is 0 Å². The second-order valence-corrected chi connectivity index (χ2v) is 5.64. The minimum Gasteiger partial charge on any atom is -0.432 e. The molecule has 1 aromatic rings. The van der Waals surface area contributed by atoms with Gasteiger partial charge in [-0.1, -0.05) is 6.42 Å². The Labute approximate surface area is 115 Å². The fraction of sp³-hybridized carbons (Fsp3) is 0.786. The SMILES string of the molecule is CNCc1coc(N2CCC(N3CCCCC3)C2)n1. The Bertz CT molecular complexity index is 400. The highest BCUT2D eigenvalue weighted by molar-refractivity contribution is 5.29. The molecule has 0 amide bonds. The second kappa shape index (κ2) is 5.92. The van der Waals surface area contributed by atoms with Crippen molar-refractivity contribution < 1.29 is 4.42 Å². The van der Waals surface area contributed by atoms with Gasteiger partial charge in [0.1, 0.15) is 6.26 Å². The molecule has 0 spiro atoms. The topological polar surface area (TPSA) is 44.5 Å². The van der Waals surface area contributed by atoms with Crippen LogP contribution in [-0.4, -0.2) is 49.2 Å². The molecule has 0 aliphatic carbocycles. The number of hydrogen-bond donors (Lipinski definition) is 1. The van der Waals surface area contributed by atoms with E-state index in [4.69, 9.17) is 4.42 Å². The summed E-state index contributed by atoms with van der Waals surface area (Å²) in [5.41, 5.74) is 0.985. The molecular formula is C14H24N4O. The molecule has 2 aliphatic heterocycles. The van der Waals surface area contributed by atoms with E-state index in [0.717, 1.165) is 31.3 Å². The Morgan fingerprint density at radius 1 is 1.32 bits per heavy atom. The molecule has 3 heterocycles. The summed E-state index contributed by atoms with van der Waals surface area (Å²) in [7, 11) is 1.93. The molecule has 0 radical (unpaired) electrons. The lowest BCUT2D eigenvalue weighted by Gasteiger charge is -2.31. The van der Waals surface area contributed by atoms with Crippen LogP contribution in [0.4, 0.5) is 6.01 Å². The van der Waals surface area contributed by atoms with Gasteiger partial charge in [-0.25, -0.2) is 0 Å². The van der Waals surface area contributed by atoms with Gasteiger partial charge in [-0.05, 0) is 39.4 Å². The van der Waals surface area contributed by atoms with E-state index in [1.807, 2.05) is 7.05 Å². The molecule has 0 aromatic carbocycles. The van der Waals surface area contributed by atoms with E-state index in [9.17, 15) is 0 Å². The summed E-state index contributed by atoms with van der Waals surface area (Å²) in [5.74, 6) is 0. The van der Waals surface area contributed by atoms with E-state index in [0.29, 0.717) is 6.04 Å². The fourth-order valence-electron chi connectivity index (χ4n) is 3.20. The van der Waals surface area contributed by atoms with Gasteiger partial charge in [0.05, 0.1) is 5.69 Å². The first-order valence-electron chi connectivity index (χ1n) is 7.45. The van der Waals surface area contributed by atoms with Crippen LogP contribution in [0.2, 0.25) is 0 Å². The van der Waals surface area contributed by atoms with Crippen LogP contribution in [0.5, 0.6) is 0 Å². The highest BCUT2D eigenvalue weighted by Gasteiger charge is 2.30. The predicted molar refractivity (Wildman–Crippen MR) is 75.3 cm³/mol. The number of nitrogens with one attached hydrogen (secondary N) is 1.